The summed E-state index contributed by atoms with van der Waals surface area (Å²) in [6.45, 7) is 2.57. The molecule has 0 radical (unpaired) electrons. The van der Waals surface area contributed by atoms with Gasteiger partial charge in [-0.15, -0.1) is 0 Å². The molecule has 0 aliphatic carbocycles. The van der Waals surface area contributed by atoms with Gasteiger partial charge in [0.1, 0.15) is 4.90 Å². The number of piperidine rings is 2. The summed E-state index contributed by atoms with van der Waals surface area (Å²) < 4.78 is 33.7. The number of anilines is 2. The molecule has 9 heteroatoms. The van der Waals surface area contributed by atoms with Crippen LogP contribution in [0.5, 0.6) is 0 Å². The third-order valence-electron chi connectivity index (χ3n) is 6.43. The van der Waals surface area contributed by atoms with Crippen molar-refractivity contribution in [2.75, 3.05) is 43.5 Å². The summed E-state index contributed by atoms with van der Waals surface area (Å²) in [5.74, 6) is -1.05. The first kappa shape index (κ1) is 24.2. The minimum atomic E-state index is -3.76. The normalized spacial score (nSPS) is 17.3. The minimum Gasteiger partial charge on any atom is -0.465 e. The Morgan fingerprint density at radius 1 is 0.882 bits per heavy atom. The van der Waals surface area contributed by atoms with E-state index in [1.54, 1.807) is 36.4 Å². The molecule has 0 bridgehead atoms. The van der Waals surface area contributed by atoms with E-state index in [4.69, 9.17) is 4.74 Å². The molecule has 0 atom stereocenters. The second kappa shape index (κ2) is 10.6. The first-order valence-corrected chi connectivity index (χ1v) is 13.2. The van der Waals surface area contributed by atoms with Crippen LogP contribution in [0, 0.1) is 0 Å². The highest BCUT2D eigenvalue weighted by atomic mass is 32.2. The summed E-state index contributed by atoms with van der Waals surface area (Å²) in [4.78, 5) is 27.5. The molecular formula is C25H31N3O5S. The van der Waals surface area contributed by atoms with Gasteiger partial charge >= 0.3 is 5.97 Å². The lowest BCUT2D eigenvalue weighted by Crippen LogP contribution is -2.37. The molecule has 2 fully saturated rings. The van der Waals surface area contributed by atoms with Crippen molar-refractivity contribution >= 4 is 33.3 Å². The van der Waals surface area contributed by atoms with E-state index < -0.39 is 21.9 Å². The zero-order valence-corrected chi connectivity index (χ0v) is 20.3. The van der Waals surface area contributed by atoms with E-state index in [0.29, 0.717) is 24.5 Å². The first-order chi connectivity index (χ1) is 16.4. The molecular weight excluding hydrogens is 454 g/mol. The van der Waals surface area contributed by atoms with E-state index >= 15 is 0 Å². The Morgan fingerprint density at radius 3 is 2.21 bits per heavy atom. The number of para-hydroxylation sites is 1. The van der Waals surface area contributed by atoms with Crippen molar-refractivity contribution < 1.29 is 22.7 Å². The fourth-order valence-electron chi connectivity index (χ4n) is 4.58. The van der Waals surface area contributed by atoms with Crippen molar-refractivity contribution in [3.8, 4) is 0 Å². The molecule has 2 aromatic rings. The number of ether oxygens (including phenoxy) is 1. The van der Waals surface area contributed by atoms with Crippen LogP contribution in [-0.4, -0.2) is 57.9 Å². The molecule has 0 saturated carbocycles. The van der Waals surface area contributed by atoms with Gasteiger partial charge in [-0.1, -0.05) is 18.6 Å². The van der Waals surface area contributed by atoms with Crippen molar-refractivity contribution in [3.63, 3.8) is 0 Å². The number of carbonyl (C=O) groups is 2. The van der Waals surface area contributed by atoms with Gasteiger partial charge in [0.05, 0.1) is 24.0 Å². The van der Waals surface area contributed by atoms with Crippen LogP contribution in [-0.2, 0) is 14.8 Å². The lowest BCUT2D eigenvalue weighted by molar-refractivity contribution is 0.0602. The van der Waals surface area contributed by atoms with E-state index in [2.05, 4.69) is 10.2 Å². The smallest absolute Gasteiger partial charge is 0.339 e. The van der Waals surface area contributed by atoms with Gasteiger partial charge in [0.15, 0.2) is 0 Å². The number of esters is 1. The first-order valence-electron chi connectivity index (χ1n) is 11.8. The number of nitrogens with one attached hydrogen (secondary N) is 1. The van der Waals surface area contributed by atoms with E-state index in [1.807, 2.05) is 0 Å². The second-order valence-electron chi connectivity index (χ2n) is 8.69. The van der Waals surface area contributed by atoms with Crippen molar-refractivity contribution in [3.05, 3.63) is 53.6 Å². The van der Waals surface area contributed by atoms with Gasteiger partial charge in [-0.25, -0.2) is 13.2 Å². The highest BCUT2D eigenvalue weighted by molar-refractivity contribution is 7.89. The number of hydrogen-bond donors (Lipinski definition) is 1. The molecule has 1 N–H and O–H groups in total. The lowest BCUT2D eigenvalue weighted by Gasteiger charge is -2.33. The Hall–Kier alpha value is -2.91. The number of sulfonamides is 1. The third-order valence-corrected chi connectivity index (χ3v) is 8.36. The average Bonchev–Trinajstić information content (AvgIpc) is 2.89. The molecule has 2 aliphatic heterocycles. The Balaban J connectivity index is 1.70. The number of benzene rings is 2. The van der Waals surface area contributed by atoms with E-state index in [0.717, 1.165) is 51.6 Å². The standard InChI is InChI=1S/C25H31N3O5S/c1-33-25(30)20-10-4-5-11-21(20)26-24(29)19-12-13-22(27-14-6-2-7-15-27)23(18-19)34(31,32)28-16-8-3-9-17-28/h4-5,10-13,18H,2-3,6-9,14-17H2,1H3,(H,26,29). The third kappa shape index (κ3) is 5.10. The Kier molecular flexibility index (Phi) is 7.53. The molecule has 8 nitrogen and oxygen atoms in total. The molecule has 4 rings (SSSR count). The van der Waals surface area contributed by atoms with Crippen LogP contribution in [0.4, 0.5) is 11.4 Å². The fraction of sp³-hybridized carbons (Fsp3) is 0.440. The Labute approximate surface area is 200 Å². The zero-order chi connectivity index (χ0) is 24.1. The van der Waals surface area contributed by atoms with Crippen LogP contribution in [0.15, 0.2) is 47.4 Å². The molecule has 2 saturated heterocycles. The summed E-state index contributed by atoms with van der Waals surface area (Å²) in [5.41, 5.74) is 1.40. The molecule has 34 heavy (non-hydrogen) atoms. The summed E-state index contributed by atoms with van der Waals surface area (Å²) >= 11 is 0. The van der Waals surface area contributed by atoms with Crippen LogP contribution < -0.4 is 10.2 Å². The van der Waals surface area contributed by atoms with Gasteiger partial charge < -0.3 is 15.0 Å². The summed E-state index contributed by atoms with van der Waals surface area (Å²) in [7, 11) is -2.48. The molecule has 182 valence electrons. The predicted octanol–water partition coefficient (Wildman–Crippen LogP) is 3.89. The van der Waals surface area contributed by atoms with Gasteiger partial charge in [0, 0.05) is 31.7 Å². The summed E-state index contributed by atoms with van der Waals surface area (Å²) in [5, 5.41) is 2.74. The van der Waals surface area contributed by atoms with Crippen molar-refractivity contribution in [2.45, 2.75) is 43.4 Å². The van der Waals surface area contributed by atoms with Gasteiger partial charge in [0.2, 0.25) is 10.0 Å². The van der Waals surface area contributed by atoms with Gasteiger partial charge in [0.25, 0.3) is 5.91 Å². The topological polar surface area (TPSA) is 96.0 Å². The highest BCUT2D eigenvalue weighted by Crippen LogP contribution is 2.32. The average molecular weight is 486 g/mol. The second-order valence-corrected chi connectivity index (χ2v) is 10.6. The molecule has 0 spiro atoms. The predicted molar refractivity (Wildman–Crippen MR) is 131 cm³/mol. The molecule has 0 unspecified atom stereocenters. The van der Waals surface area contributed by atoms with Crippen molar-refractivity contribution in [1.82, 2.24) is 4.31 Å². The van der Waals surface area contributed by atoms with Crippen LogP contribution in [0.1, 0.15) is 59.2 Å². The number of amides is 1. The summed E-state index contributed by atoms with van der Waals surface area (Å²) in [6, 6.07) is 11.4. The van der Waals surface area contributed by atoms with Crippen molar-refractivity contribution in [1.29, 1.82) is 0 Å². The minimum absolute atomic E-state index is 0.171. The van der Waals surface area contributed by atoms with E-state index in [9.17, 15) is 18.0 Å². The van der Waals surface area contributed by atoms with Gasteiger partial charge in [-0.3, -0.25) is 4.79 Å². The zero-order valence-electron chi connectivity index (χ0n) is 19.5. The maximum absolute atomic E-state index is 13.7. The highest BCUT2D eigenvalue weighted by Gasteiger charge is 2.31. The fourth-order valence-corrected chi connectivity index (χ4v) is 6.33. The van der Waals surface area contributed by atoms with Gasteiger partial charge in [-0.2, -0.15) is 4.31 Å². The quantitative estimate of drug-likeness (QED) is 0.624. The number of nitrogens with zero attached hydrogens (tertiary/aromatic N) is 2. The maximum atomic E-state index is 13.7. The van der Waals surface area contributed by atoms with Crippen LogP contribution in [0.2, 0.25) is 0 Å². The number of hydrogen-bond acceptors (Lipinski definition) is 6. The number of methoxy groups -OCH3 is 1. The lowest BCUT2D eigenvalue weighted by atomic mass is 10.1. The summed E-state index contributed by atoms with van der Waals surface area (Å²) in [6.07, 6.45) is 5.84. The van der Waals surface area contributed by atoms with E-state index in [-0.39, 0.29) is 16.0 Å². The number of carbonyl (C=O) groups excluding carboxylic acids is 2. The maximum Gasteiger partial charge on any atom is 0.339 e. The monoisotopic (exact) mass is 485 g/mol. The SMILES string of the molecule is COC(=O)c1ccccc1NC(=O)c1ccc(N2CCCCC2)c(S(=O)(=O)N2CCCCC2)c1. The number of rotatable bonds is 6. The molecule has 2 aliphatic rings. The van der Waals surface area contributed by atoms with Crippen molar-refractivity contribution in [2.24, 2.45) is 0 Å². The van der Waals surface area contributed by atoms with Crippen LogP contribution >= 0.6 is 0 Å². The largest absolute Gasteiger partial charge is 0.465 e. The molecule has 2 heterocycles. The molecule has 1 amide bonds. The van der Waals surface area contributed by atoms with Crippen LogP contribution in [0.25, 0.3) is 0 Å². The molecule has 0 aromatic heterocycles. The van der Waals surface area contributed by atoms with Crippen LogP contribution in [0.3, 0.4) is 0 Å². The molecule has 2 aromatic carbocycles. The Morgan fingerprint density at radius 2 is 1.53 bits per heavy atom. The van der Waals surface area contributed by atoms with Gasteiger partial charge in [-0.05, 0) is 62.4 Å². The Bertz CT molecular complexity index is 1150. The van der Waals surface area contributed by atoms with E-state index in [1.165, 1.54) is 17.5 Å².